The zero-order chi connectivity index (χ0) is 17.5. The molecule has 0 amide bonds. The van der Waals surface area contributed by atoms with Gasteiger partial charge in [-0.15, -0.1) is 0 Å². The first-order valence-corrected chi connectivity index (χ1v) is 8.79. The molecule has 0 N–H and O–H groups in total. The number of nitriles is 1. The summed E-state index contributed by atoms with van der Waals surface area (Å²) in [6.45, 7) is 3.97. The molecule has 0 saturated heterocycles. The number of hydrogen-bond acceptors (Lipinski definition) is 6. The van der Waals surface area contributed by atoms with Crippen LogP contribution < -0.4 is 0 Å². The highest BCUT2D eigenvalue weighted by Gasteiger charge is 2.12. The van der Waals surface area contributed by atoms with E-state index in [4.69, 9.17) is 10.00 Å². The van der Waals surface area contributed by atoms with E-state index in [-0.39, 0.29) is 19.0 Å². The Kier molecular flexibility index (Phi) is 6.33. The van der Waals surface area contributed by atoms with Gasteiger partial charge in [0.1, 0.15) is 6.61 Å². The molecule has 0 bridgehead atoms. The molecule has 0 radical (unpaired) electrons. The number of esters is 1. The lowest BCUT2D eigenvalue weighted by Crippen LogP contribution is -2.09. The van der Waals surface area contributed by atoms with Crippen molar-refractivity contribution in [2.75, 3.05) is 6.26 Å². The lowest BCUT2D eigenvalue weighted by molar-refractivity contribution is -0.144. The van der Waals surface area contributed by atoms with Crippen LogP contribution in [0, 0.1) is 25.2 Å². The fraction of sp³-hybridized carbons (Fsp3) is 0.333. The second kappa shape index (κ2) is 8.46. The van der Waals surface area contributed by atoms with Gasteiger partial charge in [-0.3, -0.25) is 4.79 Å². The van der Waals surface area contributed by atoms with Gasteiger partial charge in [-0.05, 0) is 38.2 Å². The van der Waals surface area contributed by atoms with Crippen molar-refractivity contribution in [3.63, 3.8) is 0 Å². The Morgan fingerprint density at radius 1 is 1.25 bits per heavy atom. The topological polar surface area (TPSA) is 75.9 Å². The fourth-order valence-electron chi connectivity index (χ4n) is 2.37. The summed E-state index contributed by atoms with van der Waals surface area (Å²) in [7, 11) is 0. The fourth-order valence-corrected chi connectivity index (χ4v) is 2.83. The van der Waals surface area contributed by atoms with E-state index in [1.807, 2.05) is 26.2 Å². The lowest BCUT2D eigenvalue weighted by atomic mass is 10.1. The monoisotopic (exact) mass is 341 g/mol. The van der Waals surface area contributed by atoms with Crippen molar-refractivity contribution in [3.05, 3.63) is 52.3 Å². The Balaban J connectivity index is 1.93. The first-order valence-electron chi connectivity index (χ1n) is 7.57. The largest absolute Gasteiger partial charge is 0.461 e. The molecule has 0 spiro atoms. The summed E-state index contributed by atoms with van der Waals surface area (Å²) in [5.74, 6) is -0.296. The van der Waals surface area contributed by atoms with Gasteiger partial charge < -0.3 is 4.74 Å². The number of hydrogen-bond donors (Lipinski definition) is 0. The quantitative estimate of drug-likeness (QED) is 0.455. The van der Waals surface area contributed by atoms with E-state index in [9.17, 15) is 4.79 Å². The van der Waals surface area contributed by atoms with Crippen molar-refractivity contribution in [1.82, 2.24) is 9.97 Å². The standard InChI is InChI=1S/C18H19N3O2S/c1-12-16(13(2)21-18(20-12)24-3)8-9-17(22)23-11-15-7-5-4-6-14(15)10-19/h4-7H,8-9,11H2,1-3H3. The summed E-state index contributed by atoms with van der Waals surface area (Å²) in [6, 6.07) is 9.19. The van der Waals surface area contributed by atoms with Crippen LogP contribution in [0.25, 0.3) is 0 Å². The minimum absolute atomic E-state index is 0.114. The minimum Gasteiger partial charge on any atom is -0.461 e. The Morgan fingerprint density at radius 3 is 2.54 bits per heavy atom. The van der Waals surface area contributed by atoms with Crippen LogP contribution in [0.3, 0.4) is 0 Å². The van der Waals surface area contributed by atoms with Gasteiger partial charge in [0.05, 0.1) is 11.6 Å². The normalized spacial score (nSPS) is 10.2. The van der Waals surface area contributed by atoms with Crippen molar-refractivity contribution in [1.29, 1.82) is 5.26 Å². The molecule has 2 aromatic rings. The maximum Gasteiger partial charge on any atom is 0.306 e. The number of carbonyl (C=O) groups excluding carboxylic acids is 1. The first kappa shape index (κ1) is 18.0. The summed E-state index contributed by atoms with van der Waals surface area (Å²) < 4.78 is 5.28. The number of benzene rings is 1. The van der Waals surface area contributed by atoms with Gasteiger partial charge in [0.15, 0.2) is 5.16 Å². The number of ether oxygens (including phenoxy) is 1. The molecule has 0 atom stereocenters. The molecule has 5 nitrogen and oxygen atoms in total. The summed E-state index contributed by atoms with van der Waals surface area (Å²) in [4.78, 5) is 20.8. The predicted octanol–water partition coefficient (Wildman–Crippen LogP) is 3.36. The molecule has 1 aromatic heterocycles. The van der Waals surface area contributed by atoms with Crippen LogP contribution in [0.4, 0.5) is 0 Å². The molecule has 1 aromatic carbocycles. The number of aryl methyl sites for hydroxylation is 2. The van der Waals surface area contributed by atoms with E-state index in [0.29, 0.717) is 17.5 Å². The molecule has 6 heteroatoms. The van der Waals surface area contributed by atoms with Crippen LogP contribution in [-0.2, 0) is 22.6 Å². The van der Waals surface area contributed by atoms with Gasteiger partial charge >= 0.3 is 5.97 Å². The van der Waals surface area contributed by atoms with Gasteiger partial charge in [-0.2, -0.15) is 5.26 Å². The molecule has 0 fully saturated rings. The second-order valence-electron chi connectivity index (χ2n) is 5.29. The summed E-state index contributed by atoms with van der Waals surface area (Å²) >= 11 is 1.50. The van der Waals surface area contributed by atoms with E-state index < -0.39 is 0 Å². The van der Waals surface area contributed by atoms with E-state index in [0.717, 1.165) is 22.1 Å². The first-order chi connectivity index (χ1) is 11.5. The van der Waals surface area contributed by atoms with Crippen LogP contribution in [0.5, 0.6) is 0 Å². The third kappa shape index (κ3) is 4.56. The molecule has 124 valence electrons. The smallest absolute Gasteiger partial charge is 0.306 e. The number of rotatable bonds is 6. The molecule has 1 heterocycles. The molecule has 0 aliphatic heterocycles. The van der Waals surface area contributed by atoms with Crippen LogP contribution in [0.15, 0.2) is 29.4 Å². The molecule has 24 heavy (non-hydrogen) atoms. The van der Waals surface area contributed by atoms with E-state index >= 15 is 0 Å². The zero-order valence-corrected chi connectivity index (χ0v) is 14.8. The van der Waals surface area contributed by atoms with Crippen molar-refractivity contribution in [2.45, 2.75) is 38.5 Å². The lowest BCUT2D eigenvalue weighted by Gasteiger charge is -2.10. The van der Waals surface area contributed by atoms with Gasteiger partial charge in [0.2, 0.25) is 0 Å². The van der Waals surface area contributed by atoms with Gasteiger partial charge in [-0.1, -0.05) is 30.0 Å². The minimum atomic E-state index is -0.296. The van der Waals surface area contributed by atoms with Gasteiger partial charge in [-0.25, -0.2) is 9.97 Å². The van der Waals surface area contributed by atoms with Crippen molar-refractivity contribution in [2.24, 2.45) is 0 Å². The molecule has 0 aliphatic carbocycles. The molecule has 0 saturated carbocycles. The third-order valence-corrected chi connectivity index (χ3v) is 4.24. The number of carbonyl (C=O) groups is 1. The van der Waals surface area contributed by atoms with E-state index in [1.165, 1.54) is 11.8 Å². The highest BCUT2D eigenvalue weighted by atomic mass is 32.2. The van der Waals surface area contributed by atoms with Gasteiger partial charge in [0.25, 0.3) is 0 Å². The van der Waals surface area contributed by atoms with Gasteiger partial charge in [0, 0.05) is 23.4 Å². The van der Waals surface area contributed by atoms with Crippen LogP contribution in [-0.4, -0.2) is 22.2 Å². The van der Waals surface area contributed by atoms with Crippen LogP contribution in [0.1, 0.15) is 34.5 Å². The summed E-state index contributed by atoms with van der Waals surface area (Å²) in [6.07, 6.45) is 2.74. The maximum absolute atomic E-state index is 12.0. The highest BCUT2D eigenvalue weighted by Crippen LogP contribution is 2.17. The SMILES string of the molecule is CSc1nc(C)c(CCC(=O)OCc2ccccc2C#N)c(C)n1. The Bertz CT molecular complexity index is 761. The average molecular weight is 341 g/mol. The second-order valence-corrected chi connectivity index (χ2v) is 6.06. The Hall–Kier alpha value is -2.39. The van der Waals surface area contributed by atoms with Crippen LogP contribution in [0.2, 0.25) is 0 Å². The number of nitrogens with zero attached hydrogens (tertiary/aromatic N) is 3. The number of thioether (sulfide) groups is 1. The van der Waals surface area contributed by atoms with E-state index in [1.54, 1.807) is 18.2 Å². The average Bonchev–Trinajstić information content (AvgIpc) is 2.59. The molecular formula is C18H19N3O2S. The molecule has 2 rings (SSSR count). The summed E-state index contributed by atoms with van der Waals surface area (Å²) in [5, 5.41) is 9.77. The number of aromatic nitrogens is 2. The Labute approximate surface area is 146 Å². The van der Waals surface area contributed by atoms with Crippen molar-refractivity contribution >= 4 is 17.7 Å². The third-order valence-electron chi connectivity index (χ3n) is 3.69. The molecule has 0 aliphatic rings. The summed E-state index contributed by atoms with van der Waals surface area (Å²) in [5.41, 5.74) is 4.03. The highest BCUT2D eigenvalue weighted by molar-refractivity contribution is 7.98. The predicted molar refractivity (Wildman–Crippen MR) is 92.6 cm³/mol. The maximum atomic E-state index is 12.0. The molecular weight excluding hydrogens is 322 g/mol. The van der Waals surface area contributed by atoms with Crippen molar-refractivity contribution in [3.8, 4) is 6.07 Å². The Morgan fingerprint density at radius 2 is 1.92 bits per heavy atom. The van der Waals surface area contributed by atoms with E-state index in [2.05, 4.69) is 16.0 Å². The van der Waals surface area contributed by atoms with Crippen molar-refractivity contribution < 1.29 is 9.53 Å². The zero-order valence-electron chi connectivity index (χ0n) is 14.0. The van der Waals surface area contributed by atoms with Crippen LogP contribution >= 0.6 is 11.8 Å². The molecule has 0 unspecified atom stereocenters.